The van der Waals surface area contributed by atoms with Crippen molar-refractivity contribution in [2.24, 2.45) is 11.1 Å². The SMILES string of the molecule is Cc1nnc(NC(=O)CC(N)CC(C)(C)C)nc1C. The third kappa shape index (κ3) is 5.74. The number of aromatic nitrogens is 3. The smallest absolute Gasteiger partial charge is 0.249 e. The van der Waals surface area contributed by atoms with Gasteiger partial charge in [0, 0.05) is 12.5 Å². The van der Waals surface area contributed by atoms with Crippen LogP contribution in [0.4, 0.5) is 5.95 Å². The van der Waals surface area contributed by atoms with Gasteiger partial charge in [0.25, 0.3) is 0 Å². The maximum Gasteiger partial charge on any atom is 0.249 e. The highest BCUT2D eigenvalue weighted by Gasteiger charge is 2.18. The zero-order chi connectivity index (χ0) is 14.6. The normalized spacial score (nSPS) is 13.2. The monoisotopic (exact) mass is 265 g/mol. The van der Waals surface area contributed by atoms with Gasteiger partial charge in [0.2, 0.25) is 11.9 Å². The van der Waals surface area contributed by atoms with Crippen molar-refractivity contribution in [3.05, 3.63) is 11.4 Å². The summed E-state index contributed by atoms with van der Waals surface area (Å²) in [6.07, 6.45) is 1.04. The zero-order valence-electron chi connectivity index (χ0n) is 12.3. The molecule has 0 aliphatic rings. The minimum absolute atomic E-state index is 0.109. The van der Waals surface area contributed by atoms with Gasteiger partial charge >= 0.3 is 0 Å². The maximum absolute atomic E-state index is 11.8. The molecule has 0 aliphatic heterocycles. The van der Waals surface area contributed by atoms with Gasteiger partial charge in [-0.25, -0.2) is 4.98 Å². The van der Waals surface area contributed by atoms with Crippen LogP contribution in [0.15, 0.2) is 0 Å². The highest BCUT2D eigenvalue weighted by Crippen LogP contribution is 2.21. The Hall–Kier alpha value is -1.56. The summed E-state index contributed by atoms with van der Waals surface area (Å²) in [7, 11) is 0. The van der Waals surface area contributed by atoms with E-state index in [1.807, 2.05) is 13.8 Å². The number of nitrogens with one attached hydrogen (secondary N) is 1. The minimum atomic E-state index is -0.179. The van der Waals surface area contributed by atoms with Crippen LogP contribution in [0.1, 0.15) is 45.0 Å². The lowest BCUT2D eigenvalue weighted by Gasteiger charge is -2.22. The molecule has 0 radical (unpaired) electrons. The highest BCUT2D eigenvalue weighted by molar-refractivity contribution is 5.89. The third-order valence-electron chi connectivity index (χ3n) is 2.67. The van der Waals surface area contributed by atoms with Crippen LogP contribution in [0, 0.1) is 19.3 Å². The Kier molecular flexibility index (Phi) is 4.94. The molecule has 6 nitrogen and oxygen atoms in total. The van der Waals surface area contributed by atoms with Crippen molar-refractivity contribution in [3.8, 4) is 0 Å². The van der Waals surface area contributed by atoms with E-state index >= 15 is 0 Å². The number of rotatable bonds is 4. The number of anilines is 1. The molecule has 19 heavy (non-hydrogen) atoms. The molecule has 1 rings (SSSR count). The molecule has 0 bridgehead atoms. The average Bonchev–Trinajstić information content (AvgIpc) is 2.20. The van der Waals surface area contributed by atoms with Crippen molar-refractivity contribution >= 4 is 11.9 Å². The second kappa shape index (κ2) is 6.06. The molecule has 1 heterocycles. The second-order valence-corrected chi connectivity index (χ2v) is 6.08. The van der Waals surface area contributed by atoms with Crippen molar-refractivity contribution in [2.75, 3.05) is 5.32 Å². The van der Waals surface area contributed by atoms with Crippen molar-refractivity contribution < 1.29 is 4.79 Å². The Balaban J connectivity index is 2.53. The Morgan fingerprint density at radius 2 is 1.89 bits per heavy atom. The van der Waals surface area contributed by atoms with E-state index in [-0.39, 0.29) is 29.7 Å². The molecule has 0 saturated heterocycles. The minimum Gasteiger partial charge on any atom is -0.327 e. The van der Waals surface area contributed by atoms with Gasteiger partial charge in [0.05, 0.1) is 11.4 Å². The summed E-state index contributed by atoms with van der Waals surface area (Å²) in [6, 6.07) is -0.167. The van der Waals surface area contributed by atoms with Crippen LogP contribution in [0.5, 0.6) is 0 Å². The molecule has 0 saturated carbocycles. The molecule has 0 aliphatic carbocycles. The van der Waals surface area contributed by atoms with Crippen LogP contribution in [-0.4, -0.2) is 27.1 Å². The molecule has 1 amide bonds. The van der Waals surface area contributed by atoms with Gasteiger partial charge in [-0.1, -0.05) is 20.8 Å². The molecule has 1 unspecified atom stereocenters. The lowest BCUT2D eigenvalue weighted by atomic mass is 9.87. The van der Waals surface area contributed by atoms with Crippen molar-refractivity contribution in [1.82, 2.24) is 15.2 Å². The number of nitrogens with two attached hydrogens (primary N) is 1. The van der Waals surface area contributed by atoms with Gasteiger partial charge in [0.1, 0.15) is 0 Å². The molecule has 6 heteroatoms. The summed E-state index contributed by atoms with van der Waals surface area (Å²) >= 11 is 0. The summed E-state index contributed by atoms with van der Waals surface area (Å²) in [5, 5.41) is 10.4. The van der Waals surface area contributed by atoms with E-state index in [2.05, 4.69) is 41.3 Å². The van der Waals surface area contributed by atoms with Gasteiger partial charge in [-0.3, -0.25) is 10.1 Å². The van der Waals surface area contributed by atoms with E-state index in [0.29, 0.717) is 0 Å². The molecular formula is C13H23N5O. The summed E-state index contributed by atoms with van der Waals surface area (Å²) in [4.78, 5) is 16.0. The van der Waals surface area contributed by atoms with E-state index in [1.54, 1.807) is 0 Å². The van der Waals surface area contributed by atoms with Crippen molar-refractivity contribution in [3.63, 3.8) is 0 Å². The average molecular weight is 265 g/mol. The summed E-state index contributed by atoms with van der Waals surface area (Å²) in [6.45, 7) is 9.94. The topological polar surface area (TPSA) is 93.8 Å². The fourth-order valence-electron chi connectivity index (χ4n) is 1.78. The van der Waals surface area contributed by atoms with E-state index in [9.17, 15) is 4.79 Å². The lowest BCUT2D eigenvalue weighted by Crippen LogP contribution is -2.31. The fourth-order valence-corrected chi connectivity index (χ4v) is 1.78. The van der Waals surface area contributed by atoms with Crippen LogP contribution >= 0.6 is 0 Å². The molecule has 1 atom stereocenters. The second-order valence-electron chi connectivity index (χ2n) is 6.08. The van der Waals surface area contributed by atoms with Crippen molar-refractivity contribution in [1.29, 1.82) is 0 Å². The van der Waals surface area contributed by atoms with Crippen LogP contribution in [0.25, 0.3) is 0 Å². The first kappa shape index (κ1) is 15.5. The number of nitrogens with zero attached hydrogens (tertiary/aromatic N) is 3. The quantitative estimate of drug-likeness (QED) is 0.862. The van der Waals surface area contributed by atoms with Gasteiger partial charge in [-0.05, 0) is 25.7 Å². The number of hydrogen-bond donors (Lipinski definition) is 2. The van der Waals surface area contributed by atoms with E-state index in [4.69, 9.17) is 5.73 Å². The summed E-state index contributed by atoms with van der Waals surface area (Å²) in [5.74, 6) is 0.0536. The Labute approximate surface area is 114 Å². The molecule has 1 aromatic rings. The first-order valence-electron chi connectivity index (χ1n) is 6.41. The number of carbonyl (C=O) groups excluding carboxylic acids is 1. The molecule has 0 aromatic carbocycles. The number of aryl methyl sites for hydroxylation is 2. The maximum atomic E-state index is 11.8. The molecule has 0 spiro atoms. The zero-order valence-corrected chi connectivity index (χ0v) is 12.3. The van der Waals surface area contributed by atoms with Crippen LogP contribution in [0.3, 0.4) is 0 Å². The molecular weight excluding hydrogens is 242 g/mol. The lowest BCUT2D eigenvalue weighted by molar-refractivity contribution is -0.116. The molecule has 3 N–H and O–H groups in total. The molecule has 106 valence electrons. The summed E-state index contributed by atoms with van der Waals surface area (Å²) in [5.41, 5.74) is 7.57. The number of hydrogen-bond acceptors (Lipinski definition) is 5. The fraction of sp³-hybridized carbons (Fsp3) is 0.692. The first-order chi connectivity index (χ1) is 8.67. The Bertz CT molecular complexity index is 453. The van der Waals surface area contributed by atoms with Gasteiger partial charge < -0.3 is 5.73 Å². The van der Waals surface area contributed by atoms with E-state index < -0.39 is 0 Å². The molecule has 1 aromatic heterocycles. The number of amides is 1. The van der Waals surface area contributed by atoms with Gasteiger partial charge in [0.15, 0.2) is 0 Å². The largest absolute Gasteiger partial charge is 0.327 e. The van der Waals surface area contributed by atoms with E-state index in [1.165, 1.54) is 0 Å². The van der Waals surface area contributed by atoms with Gasteiger partial charge in [-0.2, -0.15) is 5.10 Å². The van der Waals surface area contributed by atoms with Crippen molar-refractivity contribution in [2.45, 2.75) is 53.5 Å². The predicted octanol–water partition coefficient (Wildman–Crippen LogP) is 1.58. The van der Waals surface area contributed by atoms with Gasteiger partial charge in [-0.15, -0.1) is 5.10 Å². The number of carbonyl (C=O) groups is 1. The summed E-state index contributed by atoms with van der Waals surface area (Å²) < 4.78 is 0. The predicted molar refractivity (Wildman–Crippen MR) is 74.6 cm³/mol. The Morgan fingerprint density at radius 3 is 2.42 bits per heavy atom. The van der Waals surface area contributed by atoms with Crippen LogP contribution < -0.4 is 11.1 Å². The van der Waals surface area contributed by atoms with Crippen LogP contribution in [0.2, 0.25) is 0 Å². The Morgan fingerprint density at radius 1 is 1.26 bits per heavy atom. The van der Waals surface area contributed by atoms with Crippen LogP contribution in [-0.2, 0) is 4.79 Å². The van der Waals surface area contributed by atoms with E-state index in [0.717, 1.165) is 17.8 Å². The highest BCUT2D eigenvalue weighted by atomic mass is 16.1. The third-order valence-corrected chi connectivity index (χ3v) is 2.67. The molecule has 0 fully saturated rings. The standard InChI is InChI=1S/C13H23N5O/c1-8-9(2)17-18-12(15-8)16-11(19)6-10(14)7-13(3,4)5/h10H,6-7,14H2,1-5H3,(H,15,16,18,19). The first-order valence-corrected chi connectivity index (χ1v) is 6.41.